The first-order valence-corrected chi connectivity index (χ1v) is 12.7. The Morgan fingerprint density at radius 2 is 1.95 bits per heavy atom. The average Bonchev–Trinajstić information content (AvgIpc) is 3.54. The number of likely N-dealkylation sites (tertiary alicyclic amines) is 1. The molecule has 9 heteroatoms. The van der Waals surface area contributed by atoms with E-state index in [0.29, 0.717) is 29.5 Å². The van der Waals surface area contributed by atoms with Crippen LogP contribution in [0.25, 0.3) is 11.0 Å². The molecule has 1 fully saturated rings. The van der Waals surface area contributed by atoms with Crippen molar-refractivity contribution in [1.29, 1.82) is 0 Å². The van der Waals surface area contributed by atoms with Crippen molar-refractivity contribution in [1.82, 2.24) is 14.7 Å². The highest BCUT2D eigenvalue weighted by Gasteiger charge is 2.20. The molecular weight excluding hydrogens is 511 g/mol. The summed E-state index contributed by atoms with van der Waals surface area (Å²) in [4.78, 5) is 15.1. The van der Waals surface area contributed by atoms with Crippen molar-refractivity contribution in [2.24, 2.45) is 0 Å². The van der Waals surface area contributed by atoms with Crippen LogP contribution in [0.3, 0.4) is 0 Å². The fourth-order valence-electron chi connectivity index (χ4n) is 4.65. The van der Waals surface area contributed by atoms with Crippen LogP contribution in [0.1, 0.15) is 59.3 Å². The Balaban J connectivity index is 0.00000320. The fourth-order valence-corrected chi connectivity index (χ4v) is 4.90. The summed E-state index contributed by atoms with van der Waals surface area (Å²) in [5, 5.41) is 18.8. The summed E-state index contributed by atoms with van der Waals surface area (Å²) in [5.74, 6) is 0.923. The van der Waals surface area contributed by atoms with Gasteiger partial charge in [-0.15, -0.1) is 12.4 Å². The number of aryl methyl sites for hydroxylation is 1. The molecule has 7 nitrogen and oxygen atoms in total. The van der Waals surface area contributed by atoms with Gasteiger partial charge in [0.05, 0.1) is 12.6 Å². The minimum Gasteiger partial charge on any atom is -0.460 e. The molecule has 2 N–H and O–H groups in total. The summed E-state index contributed by atoms with van der Waals surface area (Å²) in [5.41, 5.74) is 4.80. The first kappa shape index (κ1) is 27.2. The standard InChI is InChI=1S/C28H31ClN4O3.ClH/c1-17(2)26-13-20-11-22(29)12-21(27(20)36-26)15-33-18(3)10-25(31-33)28(35)30-23-6-4-19(5-7-23)14-32-9-8-24(34)16-32;/h4-7,10-13,17,24,34H,8-9,14-16H2,1-3H3,(H,30,35);1H/t24-;/m1./s1. The second-order valence-corrected chi connectivity index (χ2v) is 10.4. The summed E-state index contributed by atoms with van der Waals surface area (Å²) >= 11 is 6.38. The van der Waals surface area contributed by atoms with Gasteiger partial charge in [0.15, 0.2) is 5.69 Å². The van der Waals surface area contributed by atoms with Gasteiger partial charge >= 0.3 is 0 Å². The molecule has 4 aromatic rings. The Hall–Kier alpha value is -2.84. The number of hydrogen-bond acceptors (Lipinski definition) is 5. The van der Waals surface area contributed by atoms with Crippen molar-refractivity contribution in [3.63, 3.8) is 0 Å². The fraction of sp³-hybridized carbons (Fsp3) is 0.357. The van der Waals surface area contributed by atoms with Gasteiger partial charge in [0, 0.05) is 52.9 Å². The maximum absolute atomic E-state index is 12.9. The number of anilines is 1. The lowest BCUT2D eigenvalue weighted by Gasteiger charge is -2.15. The van der Waals surface area contributed by atoms with Gasteiger partial charge < -0.3 is 14.8 Å². The Kier molecular flexibility index (Phi) is 8.29. The lowest BCUT2D eigenvalue weighted by Crippen LogP contribution is -2.21. The van der Waals surface area contributed by atoms with E-state index in [2.05, 4.69) is 29.2 Å². The number of aliphatic hydroxyl groups is 1. The number of amides is 1. The van der Waals surface area contributed by atoms with Crippen LogP contribution in [-0.4, -0.2) is 44.9 Å². The molecule has 0 unspecified atom stereocenters. The molecular formula is C28H32Cl2N4O3. The number of hydrogen-bond donors (Lipinski definition) is 2. The molecule has 2 aromatic carbocycles. The van der Waals surface area contributed by atoms with E-state index in [1.165, 1.54) is 0 Å². The molecule has 1 saturated heterocycles. The lowest BCUT2D eigenvalue weighted by atomic mass is 10.1. The molecule has 1 atom stereocenters. The van der Waals surface area contributed by atoms with Gasteiger partial charge in [-0.3, -0.25) is 14.4 Å². The normalized spacial score (nSPS) is 15.9. The third kappa shape index (κ3) is 6.18. The second-order valence-electron chi connectivity index (χ2n) is 9.94. The zero-order chi connectivity index (χ0) is 25.4. The van der Waals surface area contributed by atoms with Gasteiger partial charge in [-0.1, -0.05) is 37.6 Å². The van der Waals surface area contributed by atoms with Crippen molar-refractivity contribution < 1.29 is 14.3 Å². The molecule has 5 rings (SSSR count). The molecule has 1 aliphatic heterocycles. The van der Waals surface area contributed by atoms with Crippen molar-refractivity contribution in [3.8, 4) is 0 Å². The Morgan fingerprint density at radius 1 is 1.19 bits per heavy atom. The Labute approximate surface area is 227 Å². The Bertz CT molecular complexity index is 1390. The van der Waals surface area contributed by atoms with Crippen LogP contribution in [0.15, 0.2) is 52.9 Å². The molecule has 0 spiro atoms. The molecule has 196 valence electrons. The van der Waals surface area contributed by atoms with E-state index in [0.717, 1.165) is 53.1 Å². The van der Waals surface area contributed by atoms with Gasteiger partial charge in [0.1, 0.15) is 11.3 Å². The number of benzene rings is 2. The number of aromatic nitrogens is 2. The highest BCUT2D eigenvalue weighted by atomic mass is 35.5. The molecule has 37 heavy (non-hydrogen) atoms. The van der Waals surface area contributed by atoms with Gasteiger partial charge in [-0.25, -0.2) is 0 Å². The number of carbonyl (C=O) groups excluding carboxylic acids is 1. The zero-order valence-electron chi connectivity index (χ0n) is 21.2. The van der Waals surface area contributed by atoms with Crippen molar-refractivity contribution in [2.75, 3.05) is 18.4 Å². The highest BCUT2D eigenvalue weighted by Crippen LogP contribution is 2.31. The van der Waals surface area contributed by atoms with E-state index in [9.17, 15) is 9.90 Å². The first-order valence-electron chi connectivity index (χ1n) is 12.3. The highest BCUT2D eigenvalue weighted by molar-refractivity contribution is 6.31. The van der Waals surface area contributed by atoms with E-state index in [4.69, 9.17) is 16.0 Å². The number of rotatable bonds is 7. The molecule has 0 radical (unpaired) electrons. The Morgan fingerprint density at radius 3 is 2.62 bits per heavy atom. The number of nitrogens with one attached hydrogen (secondary N) is 1. The monoisotopic (exact) mass is 542 g/mol. The maximum atomic E-state index is 12.9. The smallest absolute Gasteiger partial charge is 0.276 e. The molecule has 0 saturated carbocycles. The summed E-state index contributed by atoms with van der Waals surface area (Å²) in [6.07, 6.45) is 0.594. The molecule has 1 amide bonds. The summed E-state index contributed by atoms with van der Waals surface area (Å²) < 4.78 is 7.92. The lowest BCUT2D eigenvalue weighted by molar-refractivity contribution is 0.102. The van der Waals surface area contributed by atoms with Crippen LogP contribution in [0.4, 0.5) is 5.69 Å². The van der Waals surface area contributed by atoms with Crippen LogP contribution < -0.4 is 5.32 Å². The number of fused-ring (bicyclic) bond motifs is 1. The minimum absolute atomic E-state index is 0. The molecule has 1 aliphatic rings. The molecule has 0 bridgehead atoms. The van der Waals surface area contributed by atoms with Gasteiger partial charge in [-0.05, 0) is 55.3 Å². The van der Waals surface area contributed by atoms with Crippen LogP contribution in [0, 0.1) is 6.92 Å². The van der Waals surface area contributed by atoms with Gasteiger partial charge in [0.25, 0.3) is 5.91 Å². The third-order valence-electron chi connectivity index (χ3n) is 6.65. The van der Waals surface area contributed by atoms with Crippen LogP contribution in [-0.2, 0) is 13.1 Å². The number of halogens is 2. The van der Waals surface area contributed by atoms with Crippen LogP contribution in [0.5, 0.6) is 0 Å². The van der Waals surface area contributed by atoms with E-state index in [-0.39, 0.29) is 30.3 Å². The minimum atomic E-state index is -0.261. The van der Waals surface area contributed by atoms with E-state index in [1.54, 1.807) is 10.7 Å². The van der Waals surface area contributed by atoms with Crippen molar-refractivity contribution >= 4 is 46.6 Å². The van der Waals surface area contributed by atoms with Crippen molar-refractivity contribution in [2.45, 2.75) is 52.3 Å². The van der Waals surface area contributed by atoms with Gasteiger partial charge in [-0.2, -0.15) is 5.10 Å². The quantitative estimate of drug-likeness (QED) is 0.299. The second kappa shape index (κ2) is 11.3. The SMILES string of the molecule is Cc1cc(C(=O)Nc2ccc(CN3CC[C@@H](O)C3)cc2)nn1Cc1cc(Cl)cc2cc(C(C)C)oc12.Cl. The summed E-state index contributed by atoms with van der Waals surface area (Å²) in [7, 11) is 0. The third-order valence-corrected chi connectivity index (χ3v) is 6.86. The first-order chi connectivity index (χ1) is 17.2. The predicted octanol–water partition coefficient (Wildman–Crippen LogP) is 6.00. The largest absolute Gasteiger partial charge is 0.460 e. The number of furan rings is 1. The number of nitrogens with zero attached hydrogens (tertiary/aromatic N) is 3. The number of carbonyl (C=O) groups is 1. The summed E-state index contributed by atoms with van der Waals surface area (Å²) in [6, 6.07) is 15.4. The van der Waals surface area contributed by atoms with Gasteiger partial charge in [0.2, 0.25) is 0 Å². The van der Waals surface area contributed by atoms with Crippen LogP contribution in [0.2, 0.25) is 5.02 Å². The molecule has 2 aromatic heterocycles. The van der Waals surface area contributed by atoms with Crippen LogP contribution >= 0.6 is 24.0 Å². The number of β-amino-alcohol motifs (C(OH)–C–C–N with tert-alkyl or cyclic N) is 1. The molecule has 0 aliphatic carbocycles. The van der Waals surface area contributed by atoms with Crippen molar-refractivity contribution in [3.05, 3.63) is 81.8 Å². The molecule has 3 heterocycles. The summed E-state index contributed by atoms with van der Waals surface area (Å²) in [6.45, 7) is 8.96. The number of aliphatic hydroxyl groups excluding tert-OH is 1. The topological polar surface area (TPSA) is 83.5 Å². The van der Waals surface area contributed by atoms with E-state index in [1.807, 2.05) is 49.4 Å². The van der Waals surface area contributed by atoms with E-state index >= 15 is 0 Å². The predicted molar refractivity (Wildman–Crippen MR) is 149 cm³/mol. The average molecular weight is 543 g/mol. The zero-order valence-corrected chi connectivity index (χ0v) is 22.8. The van der Waals surface area contributed by atoms with E-state index < -0.39 is 0 Å². The maximum Gasteiger partial charge on any atom is 0.276 e.